The third-order valence-corrected chi connectivity index (χ3v) is 3.13. The van der Waals surface area contributed by atoms with Crippen LogP contribution in [0.1, 0.15) is 12.2 Å². The lowest BCUT2D eigenvalue weighted by atomic mass is 10.1. The molecule has 1 fully saturated rings. The summed E-state index contributed by atoms with van der Waals surface area (Å²) in [5, 5.41) is 0. The van der Waals surface area contributed by atoms with Gasteiger partial charge in [-0.1, -0.05) is 0 Å². The summed E-state index contributed by atoms with van der Waals surface area (Å²) in [6, 6.07) is 1.41. The third kappa shape index (κ3) is 3.28. The molecular formula is C11H16F3N5O. The number of aromatic nitrogens is 2. The first-order valence-electron chi connectivity index (χ1n) is 6.11. The zero-order chi connectivity index (χ0) is 14.8. The Bertz CT molecular complexity index is 468. The van der Waals surface area contributed by atoms with Crippen LogP contribution in [0.25, 0.3) is 0 Å². The molecule has 0 aliphatic carbocycles. The lowest BCUT2D eigenvalue weighted by Crippen LogP contribution is -2.25. The SMILES string of the molecule is COCC1CCN(c2cc(NN)nc(C(F)(F)F)n2)C1. The van der Waals surface area contributed by atoms with E-state index >= 15 is 0 Å². The van der Waals surface area contributed by atoms with Crippen LogP contribution < -0.4 is 16.2 Å². The highest BCUT2D eigenvalue weighted by atomic mass is 19.4. The monoisotopic (exact) mass is 291 g/mol. The minimum atomic E-state index is -4.60. The number of nitrogen functional groups attached to an aromatic ring is 1. The summed E-state index contributed by atoms with van der Waals surface area (Å²) in [5.74, 6) is 4.42. The van der Waals surface area contributed by atoms with Gasteiger partial charge in [0.1, 0.15) is 11.6 Å². The van der Waals surface area contributed by atoms with E-state index in [0.717, 1.165) is 6.42 Å². The molecule has 0 aromatic carbocycles. The van der Waals surface area contributed by atoms with Gasteiger partial charge >= 0.3 is 6.18 Å². The summed E-state index contributed by atoms with van der Waals surface area (Å²) in [7, 11) is 1.60. The molecule has 6 nitrogen and oxygen atoms in total. The Kier molecular flexibility index (Phi) is 4.29. The third-order valence-electron chi connectivity index (χ3n) is 3.13. The number of nitrogens with two attached hydrogens (primary N) is 1. The highest BCUT2D eigenvalue weighted by Gasteiger charge is 2.36. The number of halogens is 3. The zero-order valence-corrected chi connectivity index (χ0v) is 10.9. The Morgan fingerprint density at radius 3 is 2.85 bits per heavy atom. The zero-order valence-electron chi connectivity index (χ0n) is 10.9. The topological polar surface area (TPSA) is 76.3 Å². The fourth-order valence-corrected chi connectivity index (χ4v) is 2.21. The minimum Gasteiger partial charge on any atom is -0.384 e. The number of ether oxygens (including phenoxy) is 1. The molecule has 2 rings (SSSR count). The number of nitrogens with one attached hydrogen (secondary N) is 1. The Morgan fingerprint density at radius 2 is 2.25 bits per heavy atom. The fourth-order valence-electron chi connectivity index (χ4n) is 2.21. The second-order valence-corrected chi connectivity index (χ2v) is 4.63. The van der Waals surface area contributed by atoms with Crippen molar-refractivity contribution in [2.45, 2.75) is 12.6 Å². The first-order valence-corrected chi connectivity index (χ1v) is 6.11. The number of methoxy groups -OCH3 is 1. The Hall–Kier alpha value is -1.61. The molecule has 1 unspecified atom stereocenters. The normalized spacial score (nSPS) is 19.4. The molecule has 0 radical (unpaired) electrons. The fraction of sp³-hybridized carbons (Fsp3) is 0.636. The van der Waals surface area contributed by atoms with E-state index in [-0.39, 0.29) is 11.6 Å². The largest absolute Gasteiger partial charge is 0.451 e. The van der Waals surface area contributed by atoms with Gasteiger partial charge in [-0.25, -0.2) is 15.8 Å². The molecule has 1 saturated heterocycles. The summed E-state index contributed by atoms with van der Waals surface area (Å²) in [5.41, 5.74) is 2.14. The van der Waals surface area contributed by atoms with Gasteiger partial charge < -0.3 is 15.1 Å². The molecule has 1 aromatic heterocycles. The van der Waals surface area contributed by atoms with Gasteiger partial charge in [0, 0.05) is 32.2 Å². The smallest absolute Gasteiger partial charge is 0.384 e. The molecule has 3 N–H and O–H groups in total. The molecule has 0 bridgehead atoms. The highest BCUT2D eigenvalue weighted by Crippen LogP contribution is 2.30. The summed E-state index contributed by atoms with van der Waals surface area (Å²) >= 11 is 0. The maximum absolute atomic E-state index is 12.7. The van der Waals surface area contributed by atoms with E-state index in [1.165, 1.54) is 6.07 Å². The Balaban J connectivity index is 2.23. The van der Waals surface area contributed by atoms with Gasteiger partial charge in [-0.2, -0.15) is 13.2 Å². The molecule has 112 valence electrons. The van der Waals surface area contributed by atoms with Crippen molar-refractivity contribution in [3.63, 3.8) is 0 Å². The molecule has 20 heavy (non-hydrogen) atoms. The van der Waals surface area contributed by atoms with Crippen LogP contribution in [0.15, 0.2) is 6.07 Å². The number of anilines is 2. The van der Waals surface area contributed by atoms with E-state index in [0.29, 0.717) is 25.6 Å². The van der Waals surface area contributed by atoms with Gasteiger partial charge in [-0.3, -0.25) is 0 Å². The summed E-state index contributed by atoms with van der Waals surface area (Å²) in [4.78, 5) is 8.69. The minimum absolute atomic E-state index is 0.0579. The molecule has 0 saturated carbocycles. The molecule has 1 aliphatic heterocycles. The van der Waals surface area contributed by atoms with E-state index in [1.54, 1.807) is 12.0 Å². The van der Waals surface area contributed by atoms with Crippen molar-refractivity contribution in [3.05, 3.63) is 11.9 Å². The van der Waals surface area contributed by atoms with Gasteiger partial charge in [0.25, 0.3) is 0 Å². The lowest BCUT2D eigenvalue weighted by Gasteiger charge is -2.19. The van der Waals surface area contributed by atoms with Crippen LogP contribution in [0.2, 0.25) is 0 Å². The van der Waals surface area contributed by atoms with E-state index < -0.39 is 12.0 Å². The van der Waals surface area contributed by atoms with Gasteiger partial charge in [0.05, 0.1) is 6.61 Å². The highest BCUT2D eigenvalue weighted by molar-refractivity contribution is 5.49. The van der Waals surface area contributed by atoms with Crippen molar-refractivity contribution < 1.29 is 17.9 Å². The second kappa shape index (κ2) is 5.80. The van der Waals surface area contributed by atoms with Crippen molar-refractivity contribution in [1.82, 2.24) is 9.97 Å². The Morgan fingerprint density at radius 1 is 1.50 bits per heavy atom. The van der Waals surface area contributed by atoms with Crippen LogP contribution in [0.4, 0.5) is 24.8 Å². The predicted molar refractivity (Wildman–Crippen MR) is 67.0 cm³/mol. The first kappa shape index (κ1) is 14.8. The number of alkyl halides is 3. The molecule has 1 aliphatic rings. The quantitative estimate of drug-likeness (QED) is 0.642. The van der Waals surface area contributed by atoms with Gasteiger partial charge in [-0.15, -0.1) is 0 Å². The average Bonchev–Trinajstić information content (AvgIpc) is 2.86. The summed E-state index contributed by atoms with van der Waals surface area (Å²) in [6.45, 7) is 1.81. The molecular weight excluding hydrogens is 275 g/mol. The maximum atomic E-state index is 12.7. The first-order chi connectivity index (χ1) is 9.44. The predicted octanol–water partition coefficient (Wildman–Crippen LogP) is 1.25. The van der Waals surface area contributed by atoms with Crippen LogP contribution in [0, 0.1) is 5.92 Å². The molecule has 0 spiro atoms. The number of hydrogen-bond acceptors (Lipinski definition) is 6. The van der Waals surface area contributed by atoms with E-state index in [9.17, 15) is 13.2 Å². The summed E-state index contributed by atoms with van der Waals surface area (Å²) < 4.78 is 43.3. The molecule has 9 heteroatoms. The molecule has 2 heterocycles. The average molecular weight is 291 g/mol. The van der Waals surface area contributed by atoms with Crippen LogP contribution in [-0.2, 0) is 10.9 Å². The second-order valence-electron chi connectivity index (χ2n) is 4.63. The van der Waals surface area contributed by atoms with Crippen LogP contribution >= 0.6 is 0 Å². The van der Waals surface area contributed by atoms with Gasteiger partial charge in [0.2, 0.25) is 5.82 Å². The number of hydrazine groups is 1. The maximum Gasteiger partial charge on any atom is 0.451 e. The van der Waals surface area contributed by atoms with Gasteiger partial charge in [0.15, 0.2) is 0 Å². The summed E-state index contributed by atoms with van der Waals surface area (Å²) in [6.07, 6.45) is -3.75. The van der Waals surface area contributed by atoms with Crippen LogP contribution in [0.5, 0.6) is 0 Å². The van der Waals surface area contributed by atoms with E-state index in [1.807, 2.05) is 0 Å². The van der Waals surface area contributed by atoms with Crippen molar-refractivity contribution >= 4 is 11.6 Å². The lowest BCUT2D eigenvalue weighted by molar-refractivity contribution is -0.144. The van der Waals surface area contributed by atoms with Crippen molar-refractivity contribution in [2.24, 2.45) is 11.8 Å². The molecule has 1 atom stereocenters. The van der Waals surface area contributed by atoms with Crippen molar-refractivity contribution in [2.75, 3.05) is 37.1 Å². The van der Waals surface area contributed by atoms with Crippen LogP contribution in [0.3, 0.4) is 0 Å². The molecule has 0 amide bonds. The van der Waals surface area contributed by atoms with Crippen molar-refractivity contribution in [3.8, 4) is 0 Å². The molecule has 1 aromatic rings. The Labute approximate surface area is 114 Å². The number of nitrogens with zero attached hydrogens (tertiary/aromatic N) is 3. The van der Waals surface area contributed by atoms with E-state index in [2.05, 4.69) is 15.4 Å². The van der Waals surface area contributed by atoms with Gasteiger partial charge in [-0.05, 0) is 6.42 Å². The number of hydrogen-bond donors (Lipinski definition) is 2. The van der Waals surface area contributed by atoms with Crippen LogP contribution in [-0.4, -0.2) is 36.8 Å². The van der Waals surface area contributed by atoms with Crippen molar-refractivity contribution in [1.29, 1.82) is 0 Å². The number of rotatable bonds is 4. The van der Waals surface area contributed by atoms with E-state index in [4.69, 9.17) is 10.6 Å². The standard InChI is InChI=1S/C11H16F3N5O/c1-20-6-7-2-3-19(5-7)9-4-8(18-15)16-10(17-9)11(12,13)14/h4,7H,2-3,5-6,15H2,1H3,(H,16,17,18).